The van der Waals surface area contributed by atoms with Gasteiger partial charge in [-0.3, -0.25) is 4.79 Å². The number of nitrogens with zero attached hydrogens (tertiary/aromatic N) is 1. The summed E-state index contributed by atoms with van der Waals surface area (Å²) in [5, 5.41) is 9.07. The van der Waals surface area contributed by atoms with Crippen LogP contribution >= 0.6 is 0 Å². The van der Waals surface area contributed by atoms with Crippen molar-refractivity contribution in [2.75, 3.05) is 4.90 Å². The first kappa shape index (κ1) is 14.1. The fourth-order valence-corrected chi connectivity index (χ4v) is 2.51. The van der Waals surface area contributed by atoms with E-state index in [0.29, 0.717) is 18.0 Å². The normalized spacial score (nSPS) is 16.9. The van der Waals surface area contributed by atoms with E-state index in [1.54, 1.807) is 24.0 Å². The van der Waals surface area contributed by atoms with Crippen LogP contribution in [0.1, 0.15) is 22.8 Å². The summed E-state index contributed by atoms with van der Waals surface area (Å²) in [5.74, 6) is -0.465. The maximum absolute atomic E-state index is 12.4. The van der Waals surface area contributed by atoms with Crippen molar-refractivity contribution < 1.29 is 19.4 Å². The van der Waals surface area contributed by atoms with E-state index in [1.807, 2.05) is 30.3 Å². The summed E-state index contributed by atoms with van der Waals surface area (Å²) in [6.45, 7) is 2.02. The van der Waals surface area contributed by atoms with Crippen LogP contribution in [-0.4, -0.2) is 23.1 Å². The minimum atomic E-state index is -0.982. The SMILES string of the molecule is CC1Oc2ccccc2N(Cc2cccc(C(=O)O)c2)C1=O. The highest BCUT2D eigenvalue weighted by Crippen LogP contribution is 2.34. The van der Waals surface area contributed by atoms with Crippen LogP contribution in [0.5, 0.6) is 5.75 Å². The molecule has 2 aromatic rings. The van der Waals surface area contributed by atoms with Crippen molar-refractivity contribution in [3.8, 4) is 5.75 Å². The molecule has 0 aliphatic carbocycles. The van der Waals surface area contributed by atoms with E-state index in [9.17, 15) is 9.59 Å². The molecule has 1 aliphatic heterocycles. The number of para-hydroxylation sites is 2. The van der Waals surface area contributed by atoms with Crippen LogP contribution in [0.2, 0.25) is 0 Å². The molecule has 0 spiro atoms. The van der Waals surface area contributed by atoms with Crippen LogP contribution in [-0.2, 0) is 11.3 Å². The molecule has 0 aromatic heterocycles. The lowest BCUT2D eigenvalue weighted by molar-refractivity contribution is -0.125. The largest absolute Gasteiger partial charge is 0.479 e. The summed E-state index contributed by atoms with van der Waals surface area (Å²) in [4.78, 5) is 25.1. The van der Waals surface area contributed by atoms with Crippen molar-refractivity contribution in [2.24, 2.45) is 0 Å². The Bertz CT molecular complexity index is 741. The molecule has 2 aromatic carbocycles. The van der Waals surface area contributed by atoms with E-state index >= 15 is 0 Å². The Morgan fingerprint density at radius 2 is 2.00 bits per heavy atom. The minimum absolute atomic E-state index is 0.139. The molecule has 1 aliphatic rings. The molecule has 1 amide bonds. The maximum atomic E-state index is 12.4. The second-order valence-electron chi connectivity index (χ2n) is 5.16. The Morgan fingerprint density at radius 1 is 1.23 bits per heavy atom. The number of rotatable bonds is 3. The lowest BCUT2D eigenvalue weighted by atomic mass is 10.1. The van der Waals surface area contributed by atoms with Gasteiger partial charge in [0.25, 0.3) is 5.91 Å². The van der Waals surface area contributed by atoms with Crippen LogP contribution in [0.4, 0.5) is 5.69 Å². The van der Waals surface area contributed by atoms with Crippen molar-refractivity contribution >= 4 is 17.6 Å². The smallest absolute Gasteiger partial charge is 0.335 e. The predicted molar refractivity (Wildman–Crippen MR) is 81.1 cm³/mol. The van der Waals surface area contributed by atoms with Crippen LogP contribution in [0, 0.1) is 0 Å². The van der Waals surface area contributed by atoms with Crippen molar-refractivity contribution in [1.29, 1.82) is 0 Å². The number of aromatic carboxylic acids is 1. The summed E-state index contributed by atoms with van der Waals surface area (Å²) in [6, 6.07) is 13.9. The molecule has 5 heteroatoms. The quantitative estimate of drug-likeness (QED) is 0.946. The fourth-order valence-electron chi connectivity index (χ4n) is 2.51. The molecule has 5 nitrogen and oxygen atoms in total. The molecule has 22 heavy (non-hydrogen) atoms. The van der Waals surface area contributed by atoms with Gasteiger partial charge in [-0.05, 0) is 36.8 Å². The van der Waals surface area contributed by atoms with Crippen molar-refractivity contribution in [1.82, 2.24) is 0 Å². The van der Waals surface area contributed by atoms with Gasteiger partial charge < -0.3 is 14.7 Å². The van der Waals surface area contributed by atoms with Crippen LogP contribution in [0.3, 0.4) is 0 Å². The Hall–Kier alpha value is -2.82. The summed E-state index contributed by atoms with van der Waals surface area (Å²) < 4.78 is 5.59. The van der Waals surface area contributed by atoms with E-state index in [2.05, 4.69) is 0 Å². The second kappa shape index (κ2) is 5.52. The molecular formula is C17H15NO4. The first-order chi connectivity index (χ1) is 10.6. The third-order valence-electron chi connectivity index (χ3n) is 3.59. The summed E-state index contributed by atoms with van der Waals surface area (Å²) in [6.07, 6.45) is -0.558. The summed E-state index contributed by atoms with van der Waals surface area (Å²) in [5.41, 5.74) is 1.67. The highest BCUT2D eigenvalue weighted by Gasteiger charge is 2.31. The number of carbonyl (C=O) groups excluding carboxylic acids is 1. The fraction of sp³-hybridized carbons (Fsp3) is 0.176. The lowest BCUT2D eigenvalue weighted by Gasteiger charge is -2.33. The zero-order valence-electron chi connectivity index (χ0n) is 12.0. The van der Waals surface area contributed by atoms with Gasteiger partial charge in [-0.1, -0.05) is 24.3 Å². The second-order valence-corrected chi connectivity index (χ2v) is 5.16. The zero-order valence-corrected chi connectivity index (χ0v) is 12.0. The van der Waals surface area contributed by atoms with Gasteiger partial charge in [0.1, 0.15) is 5.75 Å². The average Bonchev–Trinajstić information content (AvgIpc) is 2.52. The van der Waals surface area contributed by atoms with Gasteiger partial charge >= 0.3 is 5.97 Å². The zero-order chi connectivity index (χ0) is 15.7. The number of benzene rings is 2. The number of ether oxygens (including phenoxy) is 1. The van der Waals surface area contributed by atoms with Crippen LogP contribution in [0.25, 0.3) is 0 Å². The van der Waals surface area contributed by atoms with Gasteiger partial charge in [0.05, 0.1) is 17.8 Å². The molecule has 112 valence electrons. The molecule has 0 saturated heterocycles. The molecule has 0 radical (unpaired) electrons. The molecule has 0 saturated carbocycles. The first-order valence-corrected chi connectivity index (χ1v) is 6.95. The topological polar surface area (TPSA) is 66.8 Å². The Kier molecular flexibility index (Phi) is 3.55. The highest BCUT2D eigenvalue weighted by molar-refractivity contribution is 5.99. The summed E-state index contributed by atoms with van der Waals surface area (Å²) >= 11 is 0. The Balaban J connectivity index is 1.95. The van der Waals surface area contributed by atoms with Gasteiger partial charge in [-0.15, -0.1) is 0 Å². The first-order valence-electron chi connectivity index (χ1n) is 6.95. The number of amides is 1. The van der Waals surface area contributed by atoms with E-state index in [1.165, 1.54) is 6.07 Å². The van der Waals surface area contributed by atoms with Gasteiger partial charge in [-0.2, -0.15) is 0 Å². The maximum Gasteiger partial charge on any atom is 0.335 e. The van der Waals surface area contributed by atoms with Crippen molar-refractivity contribution in [2.45, 2.75) is 19.6 Å². The monoisotopic (exact) mass is 297 g/mol. The Labute approximate surface area is 127 Å². The number of carboxylic acid groups (broad SMARTS) is 1. The van der Waals surface area contributed by atoms with E-state index in [4.69, 9.17) is 9.84 Å². The van der Waals surface area contributed by atoms with Crippen LogP contribution in [0.15, 0.2) is 48.5 Å². The molecule has 0 bridgehead atoms. The summed E-state index contributed by atoms with van der Waals surface area (Å²) in [7, 11) is 0. The minimum Gasteiger partial charge on any atom is -0.479 e. The van der Waals surface area contributed by atoms with Gasteiger partial charge in [-0.25, -0.2) is 4.79 Å². The average molecular weight is 297 g/mol. The number of carbonyl (C=O) groups is 2. The molecule has 1 unspecified atom stereocenters. The third kappa shape index (κ3) is 2.53. The molecule has 1 N–H and O–H groups in total. The van der Waals surface area contributed by atoms with E-state index in [-0.39, 0.29) is 11.5 Å². The lowest BCUT2D eigenvalue weighted by Crippen LogP contribution is -2.43. The molecule has 3 rings (SSSR count). The number of hydrogen-bond acceptors (Lipinski definition) is 3. The molecular weight excluding hydrogens is 282 g/mol. The predicted octanol–water partition coefficient (Wildman–Crippen LogP) is 2.70. The number of fused-ring (bicyclic) bond motifs is 1. The number of hydrogen-bond donors (Lipinski definition) is 1. The number of carboxylic acids is 1. The van der Waals surface area contributed by atoms with Gasteiger partial charge in [0, 0.05) is 0 Å². The van der Waals surface area contributed by atoms with Gasteiger partial charge in [0.2, 0.25) is 0 Å². The molecule has 1 atom stereocenters. The number of anilines is 1. The third-order valence-corrected chi connectivity index (χ3v) is 3.59. The molecule has 0 fully saturated rings. The molecule has 1 heterocycles. The standard InChI is InChI=1S/C17H15NO4/c1-11-16(19)18(14-7-2-3-8-15(14)22-11)10-12-5-4-6-13(9-12)17(20)21/h2-9,11H,10H2,1H3,(H,20,21). The van der Waals surface area contributed by atoms with E-state index < -0.39 is 12.1 Å². The van der Waals surface area contributed by atoms with Crippen molar-refractivity contribution in [3.63, 3.8) is 0 Å². The van der Waals surface area contributed by atoms with Crippen molar-refractivity contribution in [3.05, 3.63) is 59.7 Å². The van der Waals surface area contributed by atoms with Gasteiger partial charge in [0.15, 0.2) is 6.10 Å². The highest BCUT2D eigenvalue weighted by atomic mass is 16.5. The Morgan fingerprint density at radius 3 is 2.77 bits per heavy atom. The van der Waals surface area contributed by atoms with Crippen LogP contribution < -0.4 is 9.64 Å². The van der Waals surface area contributed by atoms with E-state index in [0.717, 1.165) is 5.56 Å².